The van der Waals surface area contributed by atoms with E-state index in [2.05, 4.69) is 16.5 Å². The van der Waals surface area contributed by atoms with Crippen molar-refractivity contribution in [2.24, 2.45) is 0 Å². The summed E-state index contributed by atoms with van der Waals surface area (Å²) in [5, 5.41) is 17.1. The number of rotatable bonds is 3. The van der Waals surface area contributed by atoms with E-state index in [0.29, 0.717) is 16.3 Å². The van der Waals surface area contributed by atoms with Crippen molar-refractivity contribution in [2.45, 2.75) is 39.7 Å². The predicted octanol–water partition coefficient (Wildman–Crippen LogP) is 2.89. The van der Waals surface area contributed by atoms with Gasteiger partial charge in [-0.1, -0.05) is 0 Å². The van der Waals surface area contributed by atoms with E-state index in [1.165, 1.54) is 16.2 Å². The molecule has 0 aromatic carbocycles. The first-order valence-corrected chi connectivity index (χ1v) is 7.86. The van der Waals surface area contributed by atoms with Crippen molar-refractivity contribution >= 4 is 22.2 Å². The van der Waals surface area contributed by atoms with Crippen LogP contribution in [0.2, 0.25) is 0 Å². The molecule has 1 N–H and O–H groups in total. The number of fused-ring (bicyclic) bond motifs is 1. The molecule has 6 heteroatoms. The SMILES string of the molecule is CCn1nc(C(=O)Nc2sc3c(c2C#N)CCC3)cc1C. The van der Waals surface area contributed by atoms with Gasteiger partial charge in [0, 0.05) is 17.1 Å². The zero-order valence-electron chi connectivity index (χ0n) is 12.1. The number of amides is 1. The molecule has 0 unspecified atom stereocenters. The van der Waals surface area contributed by atoms with E-state index < -0.39 is 0 Å². The molecule has 2 heterocycles. The second kappa shape index (κ2) is 5.34. The molecular formula is C15H16N4OS. The fourth-order valence-electron chi connectivity index (χ4n) is 2.72. The first-order chi connectivity index (χ1) is 10.1. The van der Waals surface area contributed by atoms with Gasteiger partial charge in [0.2, 0.25) is 0 Å². The molecular weight excluding hydrogens is 284 g/mol. The molecule has 0 spiro atoms. The molecule has 0 fully saturated rings. The van der Waals surface area contributed by atoms with E-state index in [4.69, 9.17) is 0 Å². The van der Waals surface area contributed by atoms with Crippen molar-refractivity contribution in [1.82, 2.24) is 9.78 Å². The van der Waals surface area contributed by atoms with Crippen LogP contribution in [0, 0.1) is 18.3 Å². The maximum absolute atomic E-state index is 12.3. The average molecular weight is 300 g/mol. The number of nitrogens with one attached hydrogen (secondary N) is 1. The monoisotopic (exact) mass is 300 g/mol. The molecule has 2 aromatic heterocycles. The molecule has 3 rings (SSSR count). The van der Waals surface area contributed by atoms with Crippen molar-refractivity contribution < 1.29 is 4.79 Å². The van der Waals surface area contributed by atoms with Crippen LogP contribution in [0.5, 0.6) is 0 Å². The fraction of sp³-hybridized carbons (Fsp3) is 0.400. The summed E-state index contributed by atoms with van der Waals surface area (Å²) in [4.78, 5) is 13.5. The standard InChI is InChI=1S/C15H16N4OS/c1-3-19-9(2)7-12(18-19)14(20)17-15-11(8-16)10-5-4-6-13(10)21-15/h7H,3-6H2,1-2H3,(H,17,20). The lowest BCUT2D eigenvalue weighted by Gasteiger charge is -2.01. The Balaban J connectivity index is 1.87. The topological polar surface area (TPSA) is 70.7 Å². The zero-order valence-corrected chi connectivity index (χ0v) is 12.9. The number of aromatic nitrogens is 2. The molecule has 0 bridgehead atoms. The Bertz CT molecular complexity index is 751. The molecule has 1 aliphatic carbocycles. The summed E-state index contributed by atoms with van der Waals surface area (Å²) >= 11 is 1.52. The molecule has 108 valence electrons. The largest absolute Gasteiger partial charge is 0.311 e. The Morgan fingerprint density at radius 1 is 1.57 bits per heavy atom. The van der Waals surface area contributed by atoms with Crippen LogP contribution in [0.4, 0.5) is 5.00 Å². The van der Waals surface area contributed by atoms with E-state index in [1.807, 2.05) is 13.8 Å². The van der Waals surface area contributed by atoms with Crippen LogP contribution in [0.25, 0.3) is 0 Å². The normalized spacial score (nSPS) is 13.0. The van der Waals surface area contributed by atoms with Gasteiger partial charge < -0.3 is 5.32 Å². The highest BCUT2D eigenvalue weighted by Gasteiger charge is 2.24. The van der Waals surface area contributed by atoms with Gasteiger partial charge in [0.25, 0.3) is 5.91 Å². The molecule has 0 saturated heterocycles. The van der Waals surface area contributed by atoms with E-state index in [0.717, 1.165) is 37.1 Å². The van der Waals surface area contributed by atoms with Crippen molar-refractivity contribution in [2.75, 3.05) is 5.32 Å². The van der Waals surface area contributed by atoms with Gasteiger partial charge in [0.1, 0.15) is 11.1 Å². The molecule has 0 atom stereocenters. The van der Waals surface area contributed by atoms with Crippen LogP contribution >= 0.6 is 11.3 Å². The molecule has 5 nitrogen and oxygen atoms in total. The number of aryl methyl sites for hydroxylation is 3. The Kier molecular flexibility index (Phi) is 3.52. The van der Waals surface area contributed by atoms with E-state index in [9.17, 15) is 10.1 Å². The number of nitrogens with zero attached hydrogens (tertiary/aromatic N) is 3. The summed E-state index contributed by atoms with van der Waals surface area (Å²) in [5.74, 6) is -0.248. The lowest BCUT2D eigenvalue weighted by molar-refractivity contribution is 0.102. The van der Waals surface area contributed by atoms with Crippen LogP contribution < -0.4 is 5.32 Å². The predicted molar refractivity (Wildman–Crippen MR) is 81.7 cm³/mol. The molecule has 0 aliphatic heterocycles. The third-order valence-electron chi connectivity index (χ3n) is 3.77. The van der Waals surface area contributed by atoms with Gasteiger partial charge in [-0.2, -0.15) is 10.4 Å². The molecule has 21 heavy (non-hydrogen) atoms. The first-order valence-electron chi connectivity index (χ1n) is 7.04. The number of nitriles is 1. The number of hydrogen-bond acceptors (Lipinski definition) is 4. The number of anilines is 1. The van der Waals surface area contributed by atoms with Crippen molar-refractivity contribution in [3.63, 3.8) is 0 Å². The second-order valence-electron chi connectivity index (χ2n) is 5.11. The van der Waals surface area contributed by atoms with Gasteiger partial charge in [-0.3, -0.25) is 9.48 Å². The van der Waals surface area contributed by atoms with Gasteiger partial charge >= 0.3 is 0 Å². The van der Waals surface area contributed by atoms with Crippen LogP contribution in [0.1, 0.15) is 45.5 Å². The average Bonchev–Trinajstić information content (AvgIpc) is 3.12. The Morgan fingerprint density at radius 2 is 2.38 bits per heavy atom. The van der Waals surface area contributed by atoms with Gasteiger partial charge in [0.05, 0.1) is 5.56 Å². The minimum Gasteiger partial charge on any atom is -0.311 e. The molecule has 2 aromatic rings. The van der Waals surface area contributed by atoms with Crippen LogP contribution in [-0.2, 0) is 19.4 Å². The first kappa shape index (κ1) is 13.8. The van der Waals surface area contributed by atoms with Gasteiger partial charge in [-0.15, -0.1) is 11.3 Å². The Morgan fingerprint density at radius 3 is 3.05 bits per heavy atom. The number of carbonyl (C=O) groups is 1. The third-order valence-corrected chi connectivity index (χ3v) is 4.98. The van der Waals surface area contributed by atoms with Crippen molar-refractivity contribution in [3.05, 3.63) is 33.5 Å². The van der Waals surface area contributed by atoms with Gasteiger partial charge in [0.15, 0.2) is 5.69 Å². The third kappa shape index (κ3) is 2.34. The van der Waals surface area contributed by atoms with Gasteiger partial charge in [-0.25, -0.2) is 0 Å². The Labute approximate surface area is 127 Å². The van der Waals surface area contributed by atoms with Crippen molar-refractivity contribution in [3.8, 4) is 6.07 Å². The number of carbonyl (C=O) groups excluding carboxylic acids is 1. The van der Waals surface area contributed by atoms with Crippen LogP contribution in [0.15, 0.2) is 6.07 Å². The van der Waals surface area contributed by atoms with Crippen LogP contribution in [-0.4, -0.2) is 15.7 Å². The zero-order chi connectivity index (χ0) is 15.0. The smallest absolute Gasteiger partial charge is 0.276 e. The highest BCUT2D eigenvalue weighted by atomic mass is 32.1. The molecule has 0 saturated carbocycles. The summed E-state index contributed by atoms with van der Waals surface area (Å²) in [5.41, 5.74) is 3.10. The molecule has 1 amide bonds. The summed E-state index contributed by atoms with van der Waals surface area (Å²) in [6.45, 7) is 4.64. The van der Waals surface area contributed by atoms with Crippen LogP contribution in [0.3, 0.4) is 0 Å². The highest BCUT2D eigenvalue weighted by molar-refractivity contribution is 7.16. The Hall–Kier alpha value is -2.13. The van der Waals surface area contributed by atoms with Crippen molar-refractivity contribution in [1.29, 1.82) is 5.26 Å². The number of thiophene rings is 1. The summed E-state index contributed by atoms with van der Waals surface area (Å²) in [7, 11) is 0. The summed E-state index contributed by atoms with van der Waals surface area (Å²) < 4.78 is 1.79. The summed E-state index contributed by atoms with van der Waals surface area (Å²) in [6, 6.07) is 4.00. The molecule has 1 aliphatic rings. The maximum Gasteiger partial charge on any atom is 0.276 e. The lowest BCUT2D eigenvalue weighted by Crippen LogP contribution is -2.13. The number of hydrogen-bond donors (Lipinski definition) is 1. The fourth-order valence-corrected chi connectivity index (χ4v) is 3.95. The lowest BCUT2D eigenvalue weighted by atomic mass is 10.1. The minimum atomic E-state index is -0.248. The maximum atomic E-state index is 12.3. The molecule has 0 radical (unpaired) electrons. The highest BCUT2D eigenvalue weighted by Crippen LogP contribution is 2.38. The van der Waals surface area contributed by atoms with E-state index in [1.54, 1.807) is 10.7 Å². The van der Waals surface area contributed by atoms with E-state index in [-0.39, 0.29) is 5.91 Å². The van der Waals surface area contributed by atoms with E-state index >= 15 is 0 Å². The second-order valence-corrected chi connectivity index (χ2v) is 6.22. The van der Waals surface area contributed by atoms with Gasteiger partial charge in [-0.05, 0) is 44.7 Å². The minimum absolute atomic E-state index is 0.248. The quantitative estimate of drug-likeness (QED) is 0.947. The summed E-state index contributed by atoms with van der Waals surface area (Å²) in [6.07, 6.45) is 3.05.